The molecule has 116 valence electrons. The highest BCUT2D eigenvalue weighted by molar-refractivity contribution is 5.90. The van der Waals surface area contributed by atoms with Crippen molar-refractivity contribution in [1.82, 2.24) is 20.6 Å². The van der Waals surface area contributed by atoms with Crippen LogP contribution in [0.3, 0.4) is 0 Å². The molecule has 21 heavy (non-hydrogen) atoms. The third-order valence-corrected chi connectivity index (χ3v) is 2.72. The van der Waals surface area contributed by atoms with E-state index in [1.165, 1.54) is 26.4 Å². The Balaban J connectivity index is 2.79. The first-order valence-electron chi connectivity index (χ1n) is 6.27. The van der Waals surface area contributed by atoms with Crippen LogP contribution in [-0.2, 0) is 20.8 Å². The number of carboxylic acid groups (broad SMARTS) is 1. The van der Waals surface area contributed by atoms with Gasteiger partial charge in [-0.15, -0.1) is 0 Å². The number of H-pyrrole nitrogens is 1. The zero-order valence-corrected chi connectivity index (χ0v) is 11.7. The number of aliphatic carboxylic acids is 1. The van der Waals surface area contributed by atoms with Crippen molar-refractivity contribution in [2.45, 2.75) is 38.5 Å². The third kappa shape index (κ3) is 5.22. The maximum Gasteiger partial charge on any atom is 0.328 e. The normalized spacial score (nSPS) is 14.8. The second kappa shape index (κ2) is 7.39. The number of amides is 2. The lowest BCUT2D eigenvalue weighted by atomic mass is 10.1. The van der Waals surface area contributed by atoms with Crippen molar-refractivity contribution in [2.24, 2.45) is 0 Å². The molecule has 5 N–H and O–H groups in total. The largest absolute Gasteiger partial charge is 0.480 e. The van der Waals surface area contributed by atoms with E-state index in [0.717, 1.165) is 0 Å². The number of hydrogen-bond acceptors (Lipinski definition) is 5. The summed E-state index contributed by atoms with van der Waals surface area (Å²) in [5, 5.41) is 22.9. The Morgan fingerprint density at radius 1 is 1.38 bits per heavy atom. The lowest BCUT2D eigenvalue weighted by Gasteiger charge is -2.22. The summed E-state index contributed by atoms with van der Waals surface area (Å²) in [6, 6.07) is -2.42. The number of imidazole rings is 1. The molecule has 0 aromatic carbocycles. The first kappa shape index (κ1) is 16.6. The number of aliphatic hydroxyl groups excluding tert-OH is 1. The standard InChI is InChI=1S/C12H18N4O5/c1-6(17)10(12(20)21)16-11(19)9(15-7(2)18)3-8-4-13-5-14-8/h4-6,9-10,17H,3H2,1-2H3,(H,13,14)(H,15,18)(H,16,19)(H,20,21)/t6-,9+,10+/m1/s1. The molecule has 0 aliphatic rings. The fourth-order valence-corrected chi connectivity index (χ4v) is 1.71. The minimum absolute atomic E-state index is 0.123. The summed E-state index contributed by atoms with van der Waals surface area (Å²) < 4.78 is 0. The third-order valence-electron chi connectivity index (χ3n) is 2.72. The Hall–Kier alpha value is -2.42. The highest BCUT2D eigenvalue weighted by Gasteiger charge is 2.29. The first-order chi connectivity index (χ1) is 9.81. The highest BCUT2D eigenvalue weighted by Crippen LogP contribution is 2.01. The summed E-state index contributed by atoms with van der Waals surface area (Å²) in [5.41, 5.74) is 0.604. The molecule has 0 fully saturated rings. The molecule has 0 saturated carbocycles. The second-order valence-electron chi connectivity index (χ2n) is 4.60. The number of carboxylic acids is 1. The molecule has 0 saturated heterocycles. The van der Waals surface area contributed by atoms with E-state index in [2.05, 4.69) is 20.6 Å². The fraction of sp³-hybridized carbons (Fsp3) is 0.500. The van der Waals surface area contributed by atoms with E-state index in [1.54, 1.807) is 0 Å². The average molecular weight is 298 g/mol. The van der Waals surface area contributed by atoms with Crippen LogP contribution in [0.2, 0.25) is 0 Å². The molecule has 0 aliphatic carbocycles. The smallest absolute Gasteiger partial charge is 0.328 e. The summed E-state index contributed by atoms with van der Waals surface area (Å²) in [5.74, 6) is -2.49. The predicted octanol–water partition coefficient (Wildman–Crippen LogP) is -1.59. The van der Waals surface area contributed by atoms with E-state index in [0.29, 0.717) is 5.69 Å². The number of aromatic amines is 1. The van der Waals surface area contributed by atoms with Gasteiger partial charge in [0.2, 0.25) is 11.8 Å². The van der Waals surface area contributed by atoms with Crippen LogP contribution in [0.4, 0.5) is 0 Å². The number of rotatable bonds is 7. The Morgan fingerprint density at radius 2 is 2.05 bits per heavy atom. The van der Waals surface area contributed by atoms with E-state index in [9.17, 15) is 19.5 Å². The second-order valence-corrected chi connectivity index (χ2v) is 4.60. The molecule has 1 heterocycles. The molecule has 3 atom stereocenters. The number of nitrogens with zero attached hydrogens (tertiary/aromatic N) is 1. The van der Waals surface area contributed by atoms with Crippen molar-refractivity contribution in [1.29, 1.82) is 0 Å². The Labute approximate surface area is 120 Å². The highest BCUT2D eigenvalue weighted by atomic mass is 16.4. The van der Waals surface area contributed by atoms with Gasteiger partial charge in [0, 0.05) is 25.2 Å². The molecule has 9 nitrogen and oxygen atoms in total. The van der Waals surface area contributed by atoms with Crippen LogP contribution in [0.1, 0.15) is 19.5 Å². The van der Waals surface area contributed by atoms with Crippen LogP contribution in [0.5, 0.6) is 0 Å². The molecule has 1 aromatic rings. The predicted molar refractivity (Wildman–Crippen MR) is 71.1 cm³/mol. The zero-order chi connectivity index (χ0) is 16.0. The van der Waals surface area contributed by atoms with Gasteiger partial charge in [-0.25, -0.2) is 9.78 Å². The quantitative estimate of drug-likeness (QED) is 0.410. The lowest BCUT2D eigenvalue weighted by molar-refractivity contribution is -0.145. The number of aliphatic hydroxyl groups is 1. The van der Waals surface area contributed by atoms with Gasteiger partial charge in [0.25, 0.3) is 0 Å². The zero-order valence-electron chi connectivity index (χ0n) is 11.7. The minimum atomic E-state index is -1.45. The van der Waals surface area contributed by atoms with Gasteiger partial charge in [-0.2, -0.15) is 0 Å². The summed E-state index contributed by atoms with van der Waals surface area (Å²) in [4.78, 5) is 40.8. The number of carbonyl (C=O) groups excluding carboxylic acids is 2. The van der Waals surface area contributed by atoms with Crippen LogP contribution in [0, 0.1) is 0 Å². The van der Waals surface area contributed by atoms with E-state index in [1.807, 2.05) is 0 Å². The van der Waals surface area contributed by atoms with Crippen LogP contribution < -0.4 is 10.6 Å². The van der Waals surface area contributed by atoms with E-state index < -0.39 is 36.0 Å². The minimum Gasteiger partial charge on any atom is -0.480 e. The number of carbonyl (C=O) groups is 3. The number of hydrogen-bond donors (Lipinski definition) is 5. The van der Waals surface area contributed by atoms with Crippen LogP contribution in [-0.4, -0.2) is 56.2 Å². The van der Waals surface area contributed by atoms with Gasteiger partial charge in [0.05, 0.1) is 12.4 Å². The molecule has 0 unspecified atom stereocenters. The molecule has 1 aromatic heterocycles. The van der Waals surface area contributed by atoms with Crippen LogP contribution in [0.25, 0.3) is 0 Å². The maximum atomic E-state index is 12.1. The van der Waals surface area contributed by atoms with Gasteiger partial charge in [-0.05, 0) is 6.92 Å². The van der Waals surface area contributed by atoms with Crippen molar-refractivity contribution in [3.63, 3.8) is 0 Å². The molecular weight excluding hydrogens is 280 g/mol. The molecule has 0 spiro atoms. The summed E-state index contributed by atoms with van der Waals surface area (Å²) in [6.07, 6.45) is 1.77. The molecular formula is C12H18N4O5. The molecule has 2 amide bonds. The van der Waals surface area contributed by atoms with Gasteiger partial charge in [0.15, 0.2) is 6.04 Å². The Kier molecular flexibility index (Phi) is 5.85. The van der Waals surface area contributed by atoms with Gasteiger partial charge in [-0.1, -0.05) is 0 Å². The SMILES string of the molecule is CC(=O)N[C@@H](Cc1cnc[nH]1)C(=O)N[C@H](C(=O)O)[C@@H](C)O. The van der Waals surface area contributed by atoms with Crippen molar-refractivity contribution >= 4 is 17.8 Å². The van der Waals surface area contributed by atoms with Gasteiger partial charge >= 0.3 is 5.97 Å². The van der Waals surface area contributed by atoms with Crippen molar-refractivity contribution < 1.29 is 24.6 Å². The average Bonchev–Trinajstić information content (AvgIpc) is 2.86. The summed E-state index contributed by atoms with van der Waals surface area (Å²) >= 11 is 0. The molecule has 1 rings (SSSR count). The van der Waals surface area contributed by atoms with Crippen LogP contribution >= 0.6 is 0 Å². The number of aromatic nitrogens is 2. The van der Waals surface area contributed by atoms with Crippen molar-refractivity contribution in [3.05, 3.63) is 18.2 Å². The molecule has 9 heteroatoms. The van der Waals surface area contributed by atoms with E-state index in [4.69, 9.17) is 5.11 Å². The molecule has 0 aliphatic heterocycles. The van der Waals surface area contributed by atoms with Crippen LogP contribution in [0.15, 0.2) is 12.5 Å². The van der Waals surface area contributed by atoms with Crippen molar-refractivity contribution in [3.8, 4) is 0 Å². The van der Waals surface area contributed by atoms with Gasteiger partial charge in [-0.3, -0.25) is 9.59 Å². The first-order valence-corrected chi connectivity index (χ1v) is 6.27. The Morgan fingerprint density at radius 3 is 2.48 bits per heavy atom. The van der Waals surface area contributed by atoms with Gasteiger partial charge < -0.3 is 25.8 Å². The molecule has 0 radical (unpaired) electrons. The Bertz CT molecular complexity index is 500. The number of nitrogens with one attached hydrogen (secondary N) is 3. The van der Waals surface area contributed by atoms with Gasteiger partial charge in [0.1, 0.15) is 6.04 Å². The van der Waals surface area contributed by atoms with Crippen molar-refractivity contribution in [2.75, 3.05) is 0 Å². The topological polar surface area (TPSA) is 144 Å². The molecule has 0 bridgehead atoms. The fourth-order valence-electron chi connectivity index (χ4n) is 1.71. The van der Waals surface area contributed by atoms with E-state index in [-0.39, 0.29) is 6.42 Å². The monoisotopic (exact) mass is 298 g/mol. The summed E-state index contributed by atoms with van der Waals surface area (Å²) in [6.45, 7) is 2.50. The summed E-state index contributed by atoms with van der Waals surface area (Å²) in [7, 11) is 0. The maximum absolute atomic E-state index is 12.1. The van der Waals surface area contributed by atoms with E-state index >= 15 is 0 Å². The lowest BCUT2D eigenvalue weighted by Crippen LogP contribution is -2.55.